The first-order valence-electron chi connectivity index (χ1n) is 4.71. The van der Waals surface area contributed by atoms with Gasteiger partial charge in [0.25, 0.3) is 0 Å². The molecular formula is C11H17NO2. The molecule has 1 aromatic carbocycles. The maximum Gasteiger partial charge on any atom is 0.119 e. The fourth-order valence-electron chi connectivity index (χ4n) is 1.11. The number of hydrogen-bond acceptors (Lipinski definition) is 3. The van der Waals surface area contributed by atoms with Gasteiger partial charge in [-0.3, -0.25) is 0 Å². The molecule has 0 aliphatic heterocycles. The number of rotatable bonds is 5. The average molecular weight is 195 g/mol. The molecule has 78 valence electrons. The van der Waals surface area contributed by atoms with Gasteiger partial charge in [-0.2, -0.15) is 0 Å². The first kappa shape index (κ1) is 11.0. The second-order valence-electron chi connectivity index (χ2n) is 3.20. The molecule has 0 saturated heterocycles. The van der Waals surface area contributed by atoms with Crippen LogP contribution >= 0.6 is 0 Å². The van der Waals surface area contributed by atoms with E-state index in [-0.39, 0.29) is 6.04 Å². The number of ether oxygens (including phenoxy) is 2. The highest BCUT2D eigenvalue weighted by atomic mass is 16.5. The molecule has 3 heteroatoms. The molecule has 0 radical (unpaired) electrons. The van der Waals surface area contributed by atoms with Gasteiger partial charge < -0.3 is 15.2 Å². The normalized spacial score (nSPS) is 12.5. The minimum atomic E-state index is 0.0722. The third-order valence-corrected chi connectivity index (χ3v) is 1.96. The Hall–Kier alpha value is -1.06. The van der Waals surface area contributed by atoms with Crippen LogP contribution in [0.1, 0.15) is 18.5 Å². The summed E-state index contributed by atoms with van der Waals surface area (Å²) in [6.45, 7) is 3.14. The van der Waals surface area contributed by atoms with Crippen molar-refractivity contribution in [2.45, 2.75) is 13.0 Å². The summed E-state index contributed by atoms with van der Waals surface area (Å²) in [5, 5.41) is 0. The molecule has 0 heterocycles. The Labute approximate surface area is 84.8 Å². The number of nitrogens with two attached hydrogens (primary N) is 1. The average Bonchev–Trinajstić information content (AvgIpc) is 2.19. The molecule has 0 amide bonds. The van der Waals surface area contributed by atoms with Gasteiger partial charge in [0, 0.05) is 13.2 Å². The fourth-order valence-corrected chi connectivity index (χ4v) is 1.11. The molecule has 0 aliphatic carbocycles. The SMILES string of the molecule is COCCOc1ccc(C(C)N)cc1. The van der Waals surface area contributed by atoms with Crippen LogP contribution < -0.4 is 10.5 Å². The van der Waals surface area contributed by atoms with Crippen LogP contribution in [0.3, 0.4) is 0 Å². The molecular weight excluding hydrogens is 178 g/mol. The Bertz CT molecular complexity index is 256. The van der Waals surface area contributed by atoms with E-state index >= 15 is 0 Å². The van der Waals surface area contributed by atoms with Crippen LogP contribution in [0.2, 0.25) is 0 Å². The molecule has 2 N–H and O–H groups in total. The van der Waals surface area contributed by atoms with E-state index in [0.717, 1.165) is 11.3 Å². The zero-order valence-corrected chi connectivity index (χ0v) is 8.69. The highest BCUT2D eigenvalue weighted by Gasteiger charge is 1.99. The molecule has 0 saturated carbocycles. The van der Waals surface area contributed by atoms with E-state index in [1.165, 1.54) is 0 Å². The second-order valence-corrected chi connectivity index (χ2v) is 3.20. The van der Waals surface area contributed by atoms with Gasteiger partial charge in [-0.25, -0.2) is 0 Å². The van der Waals surface area contributed by atoms with Crippen molar-refractivity contribution in [2.24, 2.45) is 5.73 Å². The summed E-state index contributed by atoms with van der Waals surface area (Å²) in [7, 11) is 1.66. The van der Waals surface area contributed by atoms with Crippen molar-refractivity contribution >= 4 is 0 Å². The van der Waals surface area contributed by atoms with Gasteiger partial charge >= 0.3 is 0 Å². The largest absolute Gasteiger partial charge is 0.491 e. The van der Waals surface area contributed by atoms with Crippen LogP contribution in [0.25, 0.3) is 0 Å². The summed E-state index contributed by atoms with van der Waals surface area (Å²) in [5.41, 5.74) is 6.84. The van der Waals surface area contributed by atoms with E-state index in [9.17, 15) is 0 Å². The first-order valence-corrected chi connectivity index (χ1v) is 4.71. The molecule has 14 heavy (non-hydrogen) atoms. The van der Waals surface area contributed by atoms with Crippen LogP contribution in [0.15, 0.2) is 24.3 Å². The minimum Gasteiger partial charge on any atom is -0.491 e. The first-order chi connectivity index (χ1) is 6.74. The number of hydrogen-bond donors (Lipinski definition) is 1. The van der Waals surface area contributed by atoms with Crippen molar-refractivity contribution in [3.63, 3.8) is 0 Å². The molecule has 3 nitrogen and oxygen atoms in total. The Morgan fingerprint density at radius 3 is 2.36 bits per heavy atom. The maximum atomic E-state index is 5.72. The van der Waals surface area contributed by atoms with E-state index in [0.29, 0.717) is 13.2 Å². The summed E-state index contributed by atoms with van der Waals surface area (Å²) in [6.07, 6.45) is 0. The van der Waals surface area contributed by atoms with Gasteiger partial charge in [-0.15, -0.1) is 0 Å². The van der Waals surface area contributed by atoms with Crippen LogP contribution in [-0.4, -0.2) is 20.3 Å². The summed E-state index contributed by atoms with van der Waals surface area (Å²) in [6, 6.07) is 7.88. The van der Waals surface area contributed by atoms with Crippen LogP contribution in [-0.2, 0) is 4.74 Å². The predicted octanol–water partition coefficient (Wildman–Crippen LogP) is 1.73. The van der Waals surface area contributed by atoms with Crippen molar-refractivity contribution in [1.29, 1.82) is 0 Å². The molecule has 0 fully saturated rings. The van der Waals surface area contributed by atoms with E-state index in [1.807, 2.05) is 31.2 Å². The molecule has 1 rings (SSSR count). The molecule has 0 aliphatic rings. The van der Waals surface area contributed by atoms with E-state index in [2.05, 4.69) is 0 Å². The van der Waals surface area contributed by atoms with E-state index < -0.39 is 0 Å². The highest BCUT2D eigenvalue weighted by Crippen LogP contribution is 2.15. The minimum absolute atomic E-state index is 0.0722. The number of benzene rings is 1. The third-order valence-electron chi connectivity index (χ3n) is 1.96. The standard InChI is InChI=1S/C11H17NO2/c1-9(12)10-3-5-11(6-4-10)14-8-7-13-2/h3-6,9H,7-8,12H2,1-2H3. The quantitative estimate of drug-likeness (QED) is 0.728. The van der Waals surface area contributed by atoms with E-state index in [1.54, 1.807) is 7.11 Å². The lowest BCUT2D eigenvalue weighted by Gasteiger charge is -2.08. The van der Waals surface area contributed by atoms with Gasteiger partial charge in [-0.1, -0.05) is 12.1 Å². The summed E-state index contributed by atoms with van der Waals surface area (Å²) in [5.74, 6) is 0.853. The summed E-state index contributed by atoms with van der Waals surface area (Å²) < 4.78 is 10.3. The molecule has 0 bridgehead atoms. The zero-order chi connectivity index (χ0) is 10.4. The smallest absolute Gasteiger partial charge is 0.119 e. The molecule has 1 atom stereocenters. The Kier molecular flexibility index (Phi) is 4.43. The topological polar surface area (TPSA) is 44.5 Å². The third kappa shape index (κ3) is 3.36. The highest BCUT2D eigenvalue weighted by molar-refractivity contribution is 5.28. The Morgan fingerprint density at radius 1 is 1.21 bits per heavy atom. The lowest BCUT2D eigenvalue weighted by atomic mass is 10.1. The lowest BCUT2D eigenvalue weighted by molar-refractivity contribution is 0.146. The van der Waals surface area contributed by atoms with Crippen molar-refractivity contribution in [3.05, 3.63) is 29.8 Å². The second kappa shape index (κ2) is 5.62. The Morgan fingerprint density at radius 2 is 1.86 bits per heavy atom. The van der Waals surface area contributed by atoms with Gasteiger partial charge in [0.1, 0.15) is 12.4 Å². The monoisotopic (exact) mass is 195 g/mol. The van der Waals surface area contributed by atoms with Crippen molar-refractivity contribution in [2.75, 3.05) is 20.3 Å². The zero-order valence-electron chi connectivity index (χ0n) is 8.69. The summed E-state index contributed by atoms with van der Waals surface area (Å²) >= 11 is 0. The van der Waals surface area contributed by atoms with Crippen molar-refractivity contribution in [3.8, 4) is 5.75 Å². The van der Waals surface area contributed by atoms with Gasteiger partial charge in [-0.05, 0) is 24.6 Å². The number of methoxy groups -OCH3 is 1. The maximum absolute atomic E-state index is 5.72. The molecule has 0 spiro atoms. The lowest BCUT2D eigenvalue weighted by Crippen LogP contribution is -2.06. The van der Waals surface area contributed by atoms with E-state index in [4.69, 9.17) is 15.2 Å². The molecule has 1 aromatic rings. The Balaban J connectivity index is 2.47. The summed E-state index contributed by atoms with van der Waals surface area (Å²) in [4.78, 5) is 0. The predicted molar refractivity (Wildman–Crippen MR) is 56.4 cm³/mol. The van der Waals surface area contributed by atoms with Gasteiger partial charge in [0.05, 0.1) is 6.61 Å². The fraction of sp³-hybridized carbons (Fsp3) is 0.455. The van der Waals surface area contributed by atoms with Crippen molar-refractivity contribution in [1.82, 2.24) is 0 Å². The van der Waals surface area contributed by atoms with Crippen LogP contribution in [0.5, 0.6) is 5.75 Å². The van der Waals surface area contributed by atoms with Crippen LogP contribution in [0.4, 0.5) is 0 Å². The van der Waals surface area contributed by atoms with Gasteiger partial charge in [0.15, 0.2) is 0 Å². The van der Waals surface area contributed by atoms with Gasteiger partial charge in [0.2, 0.25) is 0 Å². The molecule has 0 aromatic heterocycles. The molecule has 1 unspecified atom stereocenters. The van der Waals surface area contributed by atoms with Crippen molar-refractivity contribution < 1.29 is 9.47 Å². The van der Waals surface area contributed by atoms with Crippen LogP contribution in [0, 0.1) is 0 Å².